The van der Waals surface area contributed by atoms with Crippen LogP contribution >= 0.6 is 0 Å². The molecule has 1 aliphatic heterocycles. The molecule has 0 aliphatic carbocycles. The zero-order valence-electron chi connectivity index (χ0n) is 10.3. The van der Waals surface area contributed by atoms with Gasteiger partial charge >= 0.3 is 0 Å². The lowest BCUT2D eigenvalue weighted by molar-refractivity contribution is 0.279. The molecule has 0 bridgehead atoms. The number of nitrogens with two attached hydrogens (primary N) is 1. The summed E-state index contributed by atoms with van der Waals surface area (Å²) >= 11 is 0. The summed E-state index contributed by atoms with van der Waals surface area (Å²) in [6.07, 6.45) is 4.21. The van der Waals surface area contributed by atoms with Crippen LogP contribution < -0.4 is 10.6 Å². The predicted octanol–water partition coefficient (Wildman–Crippen LogP) is 1.99. The average molecular weight is 220 g/mol. The molecule has 2 heterocycles. The summed E-state index contributed by atoms with van der Waals surface area (Å²) in [6, 6.07) is 0. The van der Waals surface area contributed by atoms with Gasteiger partial charge < -0.3 is 10.6 Å². The summed E-state index contributed by atoms with van der Waals surface area (Å²) in [4.78, 5) is 10.7. The van der Waals surface area contributed by atoms with Crippen molar-refractivity contribution in [3.63, 3.8) is 0 Å². The first-order valence-electron chi connectivity index (χ1n) is 5.82. The van der Waals surface area contributed by atoms with Crippen LogP contribution in [0.5, 0.6) is 0 Å². The van der Waals surface area contributed by atoms with Crippen LogP contribution in [0.4, 0.5) is 11.8 Å². The maximum absolute atomic E-state index is 5.64. The molecular weight excluding hydrogens is 200 g/mol. The van der Waals surface area contributed by atoms with Crippen molar-refractivity contribution in [3.05, 3.63) is 11.8 Å². The van der Waals surface area contributed by atoms with Crippen LogP contribution in [0.2, 0.25) is 0 Å². The van der Waals surface area contributed by atoms with Crippen molar-refractivity contribution in [1.82, 2.24) is 9.97 Å². The van der Waals surface area contributed by atoms with E-state index in [0.29, 0.717) is 11.4 Å². The highest BCUT2D eigenvalue weighted by molar-refractivity contribution is 5.48. The van der Waals surface area contributed by atoms with Crippen LogP contribution in [0.3, 0.4) is 0 Å². The van der Waals surface area contributed by atoms with Gasteiger partial charge in [0, 0.05) is 24.8 Å². The summed E-state index contributed by atoms with van der Waals surface area (Å²) in [5, 5.41) is 0. The van der Waals surface area contributed by atoms with E-state index >= 15 is 0 Å². The van der Waals surface area contributed by atoms with E-state index < -0.39 is 0 Å². The Kier molecular flexibility index (Phi) is 2.74. The van der Waals surface area contributed by atoms with Gasteiger partial charge in [-0.05, 0) is 25.2 Å². The van der Waals surface area contributed by atoms with Gasteiger partial charge in [-0.3, -0.25) is 0 Å². The molecule has 1 fully saturated rings. The molecule has 4 nitrogen and oxygen atoms in total. The molecule has 1 saturated heterocycles. The molecule has 0 saturated carbocycles. The molecule has 0 unspecified atom stereocenters. The molecular formula is C12H20N4. The van der Waals surface area contributed by atoms with Gasteiger partial charge in [-0.25, -0.2) is 4.98 Å². The molecule has 16 heavy (non-hydrogen) atoms. The number of aryl methyl sites for hydroxylation is 1. The van der Waals surface area contributed by atoms with E-state index in [1.807, 2.05) is 6.92 Å². The second-order valence-corrected chi connectivity index (χ2v) is 5.39. The van der Waals surface area contributed by atoms with Crippen molar-refractivity contribution < 1.29 is 0 Å². The van der Waals surface area contributed by atoms with Gasteiger partial charge in [0.1, 0.15) is 5.82 Å². The Morgan fingerprint density at radius 2 is 1.94 bits per heavy atom. The second-order valence-electron chi connectivity index (χ2n) is 5.39. The zero-order chi connectivity index (χ0) is 11.8. The number of rotatable bonds is 1. The van der Waals surface area contributed by atoms with E-state index in [1.165, 1.54) is 12.8 Å². The van der Waals surface area contributed by atoms with E-state index in [4.69, 9.17) is 5.73 Å². The number of hydrogen-bond acceptors (Lipinski definition) is 4. The van der Waals surface area contributed by atoms with Gasteiger partial charge in [-0.2, -0.15) is 4.98 Å². The van der Waals surface area contributed by atoms with Crippen molar-refractivity contribution in [3.8, 4) is 0 Å². The van der Waals surface area contributed by atoms with Crippen molar-refractivity contribution >= 4 is 11.8 Å². The normalized spacial score (nSPS) is 19.8. The third-order valence-electron chi connectivity index (χ3n) is 3.38. The Balaban J connectivity index is 2.17. The minimum absolute atomic E-state index is 0.366. The monoisotopic (exact) mass is 220 g/mol. The number of piperidine rings is 1. The molecule has 1 aromatic rings. The van der Waals surface area contributed by atoms with Crippen LogP contribution in [0.1, 0.15) is 32.3 Å². The lowest BCUT2D eigenvalue weighted by atomic mass is 9.82. The van der Waals surface area contributed by atoms with E-state index in [-0.39, 0.29) is 0 Å². The van der Waals surface area contributed by atoms with Crippen molar-refractivity contribution in [2.24, 2.45) is 5.41 Å². The van der Waals surface area contributed by atoms with Crippen LogP contribution in [0.25, 0.3) is 0 Å². The Labute approximate surface area is 96.9 Å². The maximum Gasteiger partial charge on any atom is 0.221 e. The topological polar surface area (TPSA) is 55.0 Å². The highest BCUT2D eigenvalue weighted by atomic mass is 15.2. The minimum atomic E-state index is 0.366. The molecule has 0 amide bonds. The SMILES string of the molecule is Cc1cnc(N)nc1N1CCC(C)(C)CC1. The first-order valence-corrected chi connectivity index (χ1v) is 5.82. The van der Waals surface area contributed by atoms with Gasteiger partial charge in [0.25, 0.3) is 0 Å². The molecule has 2 N–H and O–H groups in total. The molecule has 1 aliphatic rings. The molecule has 0 spiro atoms. The van der Waals surface area contributed by atoms with Crippen LogP contribution in [-0.4, -0.2) is 23.1 Å². The van der Waals surface area contributed by atoms with Crippen molar-refractivity contribution in [2.45, 2.75) is 33.6 Å². The van der Waals surface area contributed by atoms with Gasteiger partial charge in [0.15, 0.2) is 0 Å². The van der Waals surface area contributed by atoms with Gasteiger partial charge in [0.05, 0.1) is 0 Å². The van der Waals surface area contributed by atoms with Gasteiger partial charge in [-0.15, -0.1) is 0 Å². The Hall–Kier alpha value is -1.32. The second kappa shape index (κ2) is 3.92. The fourth-order valence-corrected chi connectivity index (χ4v) is 2.09. The van der Waals surface area contributed by atoms with Gasteiger partial charge in [0.2, 0.25) is 5.95 Å². The number of nitrogens with zero attached hydrogens (tertiary/aromatic N) is 3. The fourth-order valence-electron chi connectivity index (χ4n) is 2.09. The molecule has 1 aromatic heterocycles. The van der Waals surface area contributed by atoms with E-state index in [1.54, 1.807) is 6.20 Å². The number of aromatic nitrogens is 2. The number of hydrogen-bond donors (Lipinski definition) is 1. The first kappa shape index (κ1) is 11.2. The minimum Gasteiger partial charge on any atom is -0.368 e. The largest absolute Gasteiger partial charge is 0.368 e. The third kappa shape index (κ3) is 2.26. The summed E-state index contributed by atoms with van der Waals surface area (Å²) in [5.41, 5.74) is 7.21. The standard InChI is InChI=1S/C12H20N4/c1-9-8-14-11(13)15-10(9)16-6-4-12(2,3)5-7-16/h8H,4-7H2,1-3H3,(H2,13,14,15). The Morgan fingerprint density at radius 3 is 2.56 bits per heavy atom. The number of nitrogen functional groups attached to an aromatic ring is 1. The molecule has 0 radical (unpaired) electrons. The van der Waals surface area contributed by atoms with E-state index in [2.05, 4.69) is 28.7 Å². The summed E-state index contributed by atoms with van der Waals surface area (Å²) in [5.74, 6) is 1.37. The lowest BCUT2D eigenvalue weighted by Gasteiger charge is -2.38. The Morgan fingerprint density at radius 1 is 1.31 bits per heavy atom. The molecule has 2 rings (SSSR count). The zero-order valence-corrected chi connectivity index (χ0v) is 10.3. The van der Waals surface area contributed by atoms with E-state index in [0.717, 1.165) is 24.5 Å². The third-order valence-corrected chi connectivity index (χ3v) is 3.38. The highest BCUT2D eigenvalue weighted by Gasteiger charge is 2.26. The van der Waals surface area contributed by atoms with Crippen LogP contribution in [0, 0.1) is 12.3 Å². The van der Waals surface area contributed by atoms with Crippen LogP contribution in [0.15, 0.2) is 6.20 Å². The summed E-state index contributed by atoms with van der Waals surface area (Å²) in [6.45, 7) is 8.81. The molecule has 0 aromatic carbocycles. The molecule has 88 valence electrons. The quantitative estimate of drug-likeness (QED) is 0.786. The fraction of sp³-hybridized carbons (Fsp3) is 0.667. The van der Waals surface area contributed by atoms with Crippen molar-refractivity contribution in [2.75, 3.05) is 23.7 Å². The lowest BCUT2D eigenvalue weighted by Crippen LogP contribution is -2.38. The van der Waals surface area contributed by atoms with Gasteiger partial charge in [-0.1, -0.05) is 13.8 Å². The van der Waals surface area contributed by atoms with Crippen molar-refractivity contribution in [1.29, 1.82) is 0 Å². The summed E-state index contributed by atoms with van der Waals surface area (Å²) < 4.78 is 0. The number of anilines is 2. The van der Waals surface area contributed by atoms with E-state index in [9.17, 15) is 0 Å². The smallest absolute Gasteiger partial charge is 0.221 e. The predicted molar refractivity (Wildman–Crippen MR) is 66.4 cm³/mol. The average Bonchev–Trinajstić information content (AvgIpc) is 2.22. The Bertz CT molecular complexity index is 377. The first-order chi connectivity index (χ1) is 7.48. The maximum atomic E-state index is 5.64. The molecule has 0 atom stereocenters. The molecule has 4 heteroatoms. The van der Waals surface area contributed by atoms with Crippen LogP contribution in [-0.2, 0) is 0 Å². The summed E-state index contributed by atoms with van der Waals surface area (Å²) in [7, 11) is 0. The highest BCUT2D eigenvalue weighted by Crippen LogP contribution is 2.32.